The summed E-state index contributed by atoms with van der Waals surface area (Å²) in [4.78, 5) is 15.3. The molecule has 1 unspecified atom stereocenters. The van der Waals surface area contributed by atoms with E-state index in [0.717, 1.165) is 5.75 Å². The summed E-state index contributed by atoms with van der Waals surface area (Å²) in [6, 6.07) is 12.9. The first kappa shape index (κ1) is 13.5. The standard InChI is InChI=1S/C14H13BrN2O2/c1-10(15)14(18)17-13-8-7-12(9-16-13)19-11-5-3-2-4-6-11/h2-10H,1H3,(H,16,17,18). The molecule has 0 saturated heterocycles. The first-order valence-corrected chi connectivity index (χ1v) is 6.70. The van der Waals surface area contributed by atoms with Gasteiger partial charge in [0.25, 0.3) is 0 Å². The number of anilines is 1. The Bertz CT molecular complexity index is 541. The van der Waals surface area contributed by atoms with Crippen LogP contribution in [0.1, 0.15) is 6.92 Å². The van der Waals surface area contributed by atoms with Crippen molar-refractivity contribution in [2.24, 2.45) is 0 Å². The minimum absolute atomic E-state index is 0.135. The second-order valence-electron chi connectivity index (χ2n) is 3.90. The van der Waals surface area contributed by atoms with E-state index in [4.69, 9.17) is 4.74 Å². The highest BCUT2D eigenvalue weighted by molar-refractivity contribution is 9.10. The molecule has 1 amide bonds. The topological polar surface area (TPSA) is 51.2 Å². The van der Waals surface area contributed by atoms with Crippen LogP contribution >= 0.6 is 15.9 Å². The van der Waals surface area contributed by atoms with Gasteiger partial charge in [-0.2, -0.15) is 0 Å². The summed E-state index contributed by atoms with van der Waals surface area (Å²) in [7, 11) is 0. The molecule has 0 aliphatic heterocycles. The van der Waals surface area contributed by atoms with E-state index in [1.807, 2.05) is 30.3 Å². The zero-order valence-electron chi connectivity index (χ0n) is 10.3. The van der Waals surface area contributed by atoms with E-state index in [2.05, 4.69) is 26.2 Å². The maximum Gasteiger partial charge on any atom is 0.239 e. The largest absolute Gasteiger partial charge is 0.456 e. The van der Waals surface area contributed by atoms with E-state index in [0.29, 0.717) is 11.6 Å². The Labute approximate surface area is 119 Å². The van der Waals surface area contributed by atoms with Crippen LogP contribution < -0.4 is 10.1 Å². The van der Waals surface area contributed by atoms with E-state index in [1.165, 1.54) is 0 Å². The molecule has 0 aliphatic carbocycles. The number of rotatable bonds is 4. The summed E-state index contributed by atoms with van der Waals surface area (Å²) in [6.07, 6.45) is 1.57. The molecular weight excluding hydrogens is 308 g/mol. The molecule has 0 bridgehead atoms. The molecule has 19 heavy (non-hydrogen) atoms. The van der Waals surface area contributed by atoms with Crippen molar-refractivity contribution in [1.29, 1.82) is 0 Å². The predicted molar refractivity (Wildman–Crippen MR) is 77.8 cm³/mol. The number of para-hydroxylation sites is 1. The number of benzene rings is 1. The fraction of sp³-hybridized carbons (Fsp3) is 0.143. The number of ether oxygens (including phenoxy) is 1. The summed E-state index contributed by atoms with van der Waals surface area (Å²) in [5, 5.41) is 2.68. The molecule has 4 nitrogen and oxygen atoms in total. The number of alkyl halides is 1. The minimum Gasteiger partial charge on any atom is -0.456 e. The number of pyridine rings is 1. The van der Waals surface area contributed by atoms with Crippen LogP contribution in [0, 0.1) is 0 Å². The van der Waals surface area contributed by atoms with Crippen LogP contribution in [0.5, 0.6) is 11.5 Å². The first-order valence-electron chi connectivity index (χ1n) is 5.79. The fourth-order valence-electron chi connectivity index (χ4n) is 1.36. The van der Waals surface area contributed by atoms with Gasteiger partial charge >= 0.3 is 0 Å². The van der Waals surface area contributed by atoms with Crippen LogP contribution in [0.15, 0.2) is 48.7 Å². The molecule has 98 valence electrons. The molecule has 2 rings (SSSR count). The second kappa shape index (κ2) is 6.33. The number of halogens is 1. The SMILES string of the molecule is CC(Br)C(=O)Nc1ccc(Oc2ccccc2)cn1. The van der Waals surface area contributed by atoms with Crippen LogP contribution in [-0.4, -0.2) is 15.7 Å². The third-order valence-electron chi connectivity index (χ3n) is 2.33. The van der Waals surface area contributed by atoms with Gasteiger partial charge in [0.2, 0.25) is 5.91 Å². The molecule has 0 fully saturated rings. The summed E-state index contributed by atoms with van der Waals surface area (Å²) < 4.78 is 5.60. The number of carbonyl (C=O) groups is 1. The van der Waals surface area contributed by atoms with Gasteiger partial charge < -0.3 is 10.1 Å². The number of hydrogen-bond donors (Lipinski definition) is 1. The molecule has 0 aliphatic rings. The van der Waals surface area contributed by atoms with Crippen molar-refractivity contribution in [3.8, 4) is 11.5 Å². The number of nitrogens with zero attached hydrogens (tertiary/aromatic N) is 1. The molecule has 0 saturated carbocycles. The highest BCUT2D eigenvalue weighted by Gasteiger charge is 2.09. The van der Waals surface area contributed by atoms with Crippen molar-refractivity contribution in [3.05, 3.63) is 48.7 Å². The number of nitrogens with one attached hydrogen (secondary N) is 1. The molecular formula is C14H13BrN2O2. The van der Waals surface area contributed by atoms with Crippen LogP contribution in [0.25, 0.3) is 0 Å². The van der Waals surface area contributed by atoms with E-state index in [-0.39, 0.29) is 10.7 Å². The highest BCUT2D eigenvalue weighted by atomic mass is 79.9. The number of carbonyl (C=O) groups excluding carboxylic acids is 1. The maximum absolute atomic E-state index is 11.5. The third-order valence-corrected chi connectivity index (χ3v) is 2.74. The highest BCUT2D eigenvalue weighted by Crippen LogP contribution is 2.20. The van der Waals surface area contributed by atoms with Crippen molar-refractivity contribution < 1.29 is 9.53 Å². The van der Waals surface area contributed by atoms with E-state index in [9.17, 15) is 4.79 Å². The van der Waals surface area contributed by atoms with E-state index in [1.54, 1.807) is 25.3 Å². The third kappa shape index (κ3) is 4.06. The van der Waals surface area contributed by atoms with Gasteiger partial charge in [-0.1, -0.05) is 34.1 Å². The monoisotopic (exact) mass is 320 g/mol. The normalized spacial score (nSPS) is 11.7. The molecule has 1 heterocycles. The second-order valence-corrected chi connectivity index (χ2v) is 5.27. The van der Waals surface area contributed by atoms with Gasteiger partial charge in [0.1, 0.15) is 17.3 Å². The number of hydrogen-bond acceptors (Lipinski definition) is 3. The molecule has 1 atom stereocenters. The zero-order chi connectivity index (χ0) is 13.7. The van der Waals surface area contributed by atoms with Crippen LogP contribution in [0.4, 0.5) is 5.82 Å². The van der Waals surface area contributed by atoms with Crippen molar-refractivity contribution in [3.63, 3.8) is 0 Å². The molecule has 1 aromatic carbocycles. The van der Waals surface area contributed by atoms with Crippen LogP contribution in [-0.2, 0) is 4.79 Å². The summed E-state index contributed by atoms with van der Waals surface area (Å²) in [5.74, 6) is 1.73. The summed E-state index contributed by atoms with van der Waals surface area (Å²) in [5.41, 5.74) is 0. The molecule has 2 aromatic rings. The molecule has 0 spiro atoms. The number of amides is 1. The smallest absolute Gasteiger partial charge is 0.239 e. The van der Waals surface area contributed by atoms with Crippen LogP contribution in [0.2, 0.25) is 0 Å². The van der Waals surface area contributed by atoms with Gasteiger partial charge in [-0.05, 0) is 31.2 Å². The average Bonchev–Trinajstić information content (AvgIpc) is 2.42. The van der Waals surface area contributed by atoms with E-state index < -0.39 is 0 Å². The van der Waals surface area contributed by atoms with Crippen molar-refractivity contribution in [1.82, 2.24) is 4.98 Å². The van der Waals surface area contributed by atoms with Crippen molar-refractivity contribution >= 4 is 27.7 Å². The van der Waals surface area contributed by atoms with Gasteiger partial charge in [-0.15, -0.1) is 0 Å². The van der Waals surface area contributed by atoms with Crippen molar-refractivity contribution in [2.45, 2.75) is 11.8 Å². The lowest BCUT2D eigenvalue weighted by atomic mass is 10.3. The Morgan fingerprint density at radius 1 is 1.21 bits per heavy atom. The van der Waals surface area contributed by atoms with E-state index >= 15 is 0 Å². The number of aromatic nitrogens is 1. The van der Waals surface area contributed by atoms with Gasteiger partial charge in [0.05, 0.1) is 11.0 Å². The van der Waals surface area contributed by atoms with Gasteiger partial charge in [0, 0.05) is 0 Å². The lowest BCUT2D eigenvalue weighted by Gasteiger charge is -2.07. The predicted octanol–water partition coefficient (Wildman–Crippen LogP) is 3.60. The maximum atomic E-state index is 11.5. The summed E-state index contributed by atoms with van der Waals surface area (Å²) in [6.45, 7) is 1.75. The van der Waals surface area contributed by atoms with Gasteiger partial charge in [-0.3, -0.25) is 4.79 Å². The molecule has 1 N–H and O–H groups in total. The van der Waals surface area contributed by atoms with Gasteiger partial charge in [-0.25, -0.2) is 4.98 Å². The Balaban J connectivity index is 2.01. The molecule has 1 aromatic heterocycles. The average molecular weight is 321 g/mol. The summed E-state index contributed by atoms with van der Waals surface area (Å²) >= 11 is 3.19. The lowest BCUT2D eigenvalue weighted by Crippen LogP contribution is -2.20. The van der Waals surface area contributed by atoms with Gasteiger partial charge in [0.15, 0.2) is 0 Å². The quantitative estimate of drug-likeness (QED) is 0.876. The Morgan fingerprint density at radius 2 is 1.95 bits per heavy atom. The first-order chi connectivity index (χ1) is 9.15. The lowest BCUT2D eigenvalue weighted by molar-refractivity contribution is -0.115. The molecule has 5 heteroatoms. The molecule has 0 radical (unpaired) electrons. The van der Waals surface area contributed by atoms with Crippen molar-refractivity contribution in [2.75, 3.05) is 5.32 Å². The van der Waals surface area contributed by atoms with Crippen LogP contribution in [0.3, 0.4) is 0 Å². The Kier molecular flexibility index (Phi) is 4.52. The fourth-order valence-corrected chi connectivity index (χ4v) is 1.48. The minimum atomic E-state index is -0.255. The Hall–Kier alpha value is -1.88. The zero-order valence-corrected chi connectivity index (χ0v) is 11.9. The Morgan fingerprint density at radius 3 is 2.53 bits per heavy atom.